The number of hydrogen-bond donors (Lipinski definition) is 2. The summed E-state index contributed by atoms with van der Waals surface area (Å²) in [7, 11) is 0. The number of aliphatic hydroxyl groups is 1. The van der Waals surface area contributed by atoms with Crippen LogP contribution in [0.15, 0.2) is 109 Å². The van der Waals surface area contributed by atoms with Crippen LogP contribution in [0.5, 0.6) is 0 Å². The molecule has 4 aromatic rings. The van der Waals surface area contributed by atoms with Gasteiger partial charge in [0.2, 0.25) is 0 Å². The fourth-order valence-corrected chi connectivity index (χ4v) is 9.80. The van der Waals surface area contributed by atoms with Gasteiger partial charge >= 0.3 is 285 Å². The van der Waals surface area contributed by atoms with Crippen LogP contribution < -0.4 is 9.78 Å². The molecule has 46 heavy (non-hydrogen) atoms. The van der Waals surface area contributed by atoms with Crippen molar-refractivity contribution in [3.8, 4) is 11.1 Å². The molecule has 0 heterocycles. The Labute approximate surface area is 283 Å². The normalized spacial score (nSPS) is 14.9. The zero-order chi connectivity index (χ0) is 32.9. The molecule has 3 atom stereocenters. The molecule has 0 aliphatic heterocycles. The van der Waals surface area contributed by atoms with Crippen LogP contribution >= 0.6 is 11.8 Å². The SMILES string of the molecule is CC(C)(C)SC(=O)C(C)(C)[C@@H](O)[C@@H]([Se]c1ccccc1)[C@H](Cc1ccccc1)NC(=O)OCC1c2ccccc2-c2ccccc21. The first-order chi connectivity index (χ1) is 21.9. The van der Waals surface area contributed by atoms with E-state index in [0.29, 0.717) is 6.42 Å². The monoisotopic (exact) mass is 701 g/mol. The van der Waals surface area contributed by atoms with E-state index in [1.807, 2.05) is 120 Å². The first-order valence-electron chi connectivity index (χ1n) is 15.7. The van der Waals surface area contributed by atoms with E-state index in [2.05, 4.69) is 29.6 Å². The molecule has 0 spiro atoms. The predicted molar refractivity (Wildman–Crippen MR) is 190 cm³/mol. The maximum absolute atomic E-state index is 13.7. The summed E-state index contributed by atoms with van der Waals surface area (Å²) in [6, 6.07) is 36.0. The van der Waals surface area contributed by atoms with Gasteiger partial charge in [0.15, 0.2) is 0 Å². The predicted octanol–water partition coefficient (Wildman–Crippen LogP) is 7.40. The fourth-order valence-electron chi connectivity index (χ4n) is 5.87. The van der Waals surface area contributed by atoms with Crippen molar-refractivity contribution < 1.29 is 19.4 Å². The number of carbonyl (C=O) groups excluding carboxylic acids is 2. The maximum atomic E-state index is 13.7. The van der Waals surface area contributed by atoms with Crippen LogP contribution in [0.2, 0.25) is 4.82 Å². The summed E-state index contributed by atoms with van der Waals surface area (Å²) in [5.41, 5.74) is 4.60. The summed E-state index contributed by atoms with van der Waals surface area (Å²) >= 11 is 0.975. The minimum atomic E-state index is -1.06. The van der Waals surface area contributed by atoms with Gasteiger partial charge in [-0.3, -0.25) is 0 Å². The van der Waals surface area contributed by atoms with Crippen LogP contribution in [0.1, 0.15) is 57.2 Å². The molecular weight excluding hydrogens is 657 g/mol. The summed E-state index contributed by atoms with van der Waals surface area (Å²) in [6.45, 7) is 9.83. The number of thioether (sulfide) groups is 1. The van der Waals surface area contributed by atoms with Crippen LogP contribution in [0, 0.1) is 5.41 Å². The van der Waals surface area contributed by atoms with Gasteiger partial charge in [0, 0.05) is 0 Å². The number of benzene rings is 4. The summed E-state index contributed by atoms with van der Waals surface area (Å²) < 4.78 is 6.78. The molecule has 5 rings (SSSR count). The Kier molecular flexibility index (Phi) is 10.8. The molecule has 1 aliphatic rings. The van der Waals surface area contributed by atoms with E-state index in [0.717, 1.165) is 21.2 Å². The number of amides is 1. The van der Waals surface area contributed by atoms with Gasteiger partial charge in [-0.25, -0.2) is 0 Å². The average molecular weight is 701 g/mol. The van der Waals surface area contributed by atoms with Crippen molar-refractivity contribution in [2.45, 2.75) is 68.7 Å². The molecule has 0 aromatic heterocycles. The number of ether oxygens (including phenoxy) is 1. The zero-order valence-electron chi connectivity index (χ0n) is 27.1. The average Bonchev–Trinajstić information content (AvgIpc) is 3.35. The van der Waals surface area contributed by atoms with Crippen LogP contribution in [0.25, 0.3) is 11.1 Å². The van der Waals surface area contributed by atoms with Crippen LogP contribution in [0.4, 0.5) is 4.79 Å². The molecule has 7 heteroatoms. The Bertz CT molecular complexity index is 1590. The van der Waals surface area contributed by atoms with E-state index >= 15 is 0 Å². The van der Waals surface area contributed by atoms with Crippen molar-refractivity contribution in [3.05, 3.63) is 126 Å². The first-order valence-corrected chi connectivity index (χ1v) is 18.4. The molecule has 5 nitrogen and oxygen atoms in total. The molecule has 0 radical (unpaired) electrons. The van der Waals surface area contributed by atoms with Gasteiger partial charge in [-0.15, -0.1) is 0 Å². The van der Waals surface area contributed by atoms with Crippen LogP contribution in [-0.4, -0.2) is 54.8 Å². The molecule has 240 valence electrons. The van der Waals surface area contributed by atoms with E-state index < -0.39 is 28.5 Å². The molecular formula is C39H43NO4SSe. The van der Waals surface area contributed by atoms with Crippen LogP contribution in [0.3, 0.4) is 0 Å². The standard InChI is InChI=1S/C39H43NO4SSe/c1-38(2,3)45-36(42)39(4,5)35(41)34(46-27-18-10-7-11-19-27)33(24-26-16-8-6-9-17-26)40-37(43)44-25-32-30-22-14-12-20-28(30)29-21-13-15-23-31(29)32/h6-23,32-35,41H,24-25H2,1-5H3,(H,40,43)/t33-,34-,35-/m0/s1. The number of carbonyl (C=O) groups is 2. The Balaban J connectivity index is 1.42. The fraction of sp³-hybridized carbons (Fsp3) is 0.333. The van der Waals surface area contributed by atoms with Crippen molar-refractivity contribution in [1.82, 2.24) is 5.32 Å². The molecule has 2 N–H and O–H groups in total. The van der Waals surface area contributed by atoms with Gasteiger partial charge < -0.3 is 0 Å². The van der Waals surface area contributed by atoms with Crippen molar-refractivity contribution in [2.75, 3.05) is 6.61 Å². The van der Waals surface area contributed by atoms with Gasteiger partial charge in [0.25, 0.3) is 0 Å². The number of aliphatic hydroxyl groups excluding tert-OH is 1. The van der Waals surface area contributed by atoms with Gasteiger partial charge in [-0.2, -0.15) is 0 Å². The molecule has 1 amide bonds. The number of fused-ring (bicyclic) bond motifs is 3. The molecule has 0 saturated heterocycles. The third-order valence-corrected chi connectivity index (χ3v) is 12.6. The van der Waals surface area contributed by atoms with Crippen molar-refractivity contribution >= 4 is 42.4 Å². The van der Waals surface area contributed by atoms with E-state index in [1.165, 1.54) is 22.9 Å². The third kappa shape index (κ3) is 8.13. The number of hydrogen-bond acceptors (Lipinski definition) is 5. The Morgan fingerprint density at radius 3 is 1.89 bits per heavy atom. The van der Waals surface area contributed by atoms with E-state index in [4.69, 9.17) is 4.74 Å². The van der Waals surface area contributed by atoms with Crippen molar-refractivity contribution in [3.63, 3.8) is 0 Å². The van der Waals surface area contributed by atoms with Gasteiger partial charge in [0.05, 0.1) is 0 Å². The van der Waals surface area contributed by atoms with Gasteiger partial charge in [-0.1, -0.05) is 0 Å². The quantitative estimate of drug-likeness (QED) is 0.160. The van der Waals surface area contributed by atoms with Gasteiger partial charge in [-0.05, 0) is 0 Å². The van der Waals surface area contributed by atoms with Crippen molar-refractivity contribution in [2.24, 2.45) is 5.41 Å². The summed E-state index contributed by atoms with van der Waals surface area (Å²) in [6.07, 6.45) is -1.06. The summed E-state index contributed by atoms with van der Waals surface area (Å²) in [5.74, 6) is -0.0633. The summed E-state index contributed by atoms with van der Waals surface area (Å²) in [5, 5.41) is 15.2. The molecule has 4 aromatic carbocycles. The minimum absolute atomic E-state index is 0.0633. The topological polar surface area (TPSA) is 75.6 Å². The van der Waals surface area contributed by atoms with E-state index in [9.17, 15) is 14.7 Å². The zero-order valence-corrected chi connectivity index (χ0v) is 29.6. The second kappa shape index (κ2) is 14.6. The number of rotatable bonds is 11. The van der Waals surface area contributed by atoms with E-state index in [-0.39, 0.29) is 37.3 Å². The number of alkyl carbamates (subject to hydrolysis) is 1. The third-order valence-electron chi connectivity index (χ3n) is 8.33. The second-order valence-corrected chi connectivity index (χ2v) is 17.8. The molecule has 0 fully saturated rings. The molecule has 0 unspecified atom stereocenters. The Hall–Kier alpha value is -3.35. The number of nitrogens with one attached hydrogen (secondary N) is 1. The molecule has 0 bridgehead atoms. The van der Waals surface area contributed by atoms with Gasteiger partial charge in [0.1, 0.15) is 0 Å². The Morgan fingerprint density at radius 1 is 0.804 bits per heavy atom. The van der Waals surface area contributed by atoms with Crippen molar-refractivity contribution in [1.29, 1.82) is 0 Å². The first kappa shape index (κ1) is 34.0. The molecule has 0 saturated carbocycles. The van der Waals surface area contributed by atoms with E-state index in [1.54, 1.807) is 0 Å². The second-order valence-electron chi connectivity index (χ2n) is 13.3. The van der Waals surface area contributed by atoms with Crippen LogP contribution in [-0.2, 0) is 16.0 Å². The molecule has 1 aliphatic carbocycles. The summed E-state index contributed by atoms with van der Waals surface area (Å²) in [4.78, 5) is 26.9. The Morgan fingerprint density at radius 2 is 1.33 bits per heavy atom.